The number of hydrazone groups is 1. The topological polar surface area (TPSA) is 118 Å². The quantitative estimate of drug-likeness (QED) is 0.213. The SMILES string of the molecule is CCOc1cc(C=NNC(=O)CCC(=O)Nc2ccc(C)c(Cl)c2)ccc1OCC(=O)Nc1ccccc1F. The van der Waals surface area contributed by atoms with Crippen molar-refractivity contribution in [3.63, 3.8) is 0 Å². The van der Waals surface area contributed by atoms with Crippen LogP contribution < -0.4 is 25.5 Å². The Kier molecular flexibility index (Phi) is 10.8. The first-order valence-corrected chi connectivity index (χ1v) is 12.4. The van der Waals surface area contributed by atoms with Gasteiger partial charge < -0.3 is 20.1 Å². The van der Waals surface area contributed by atoms with Crippen LogP contribution in [0.2, 0.25) is 5.02 Å². The predicted molar refractivity (Wildman–Crippen MR) is 148 cm³/mol. The van der Waals surface area contributed by atoms with E-state index in [4.69, 9.17) is 21.1 Å². The van der Waals surface area contributed by atoms with E-state index >= 15 is 0 Å². The van der Waals surface area contributed by atoms with Crippen molar-refractivity contribution in [2.45, 2.75) is 26.7 Å². The van der Waals surface area contributed by atoms with Crippen LogP contribution in [-0.2, 0) is 14.4 Å². The largest absolute Gasteiger partial charge is 0.490 e. The molecule has 0 spiro atoms. The van der Waals surface area contributed by atoms with Gasteiger partial charge >= 0.3 is 0 Å². The highest BCUT2D eigenvalue weighted by Gasteiger charge is 2.11. The van der Waals surface area contributed by atoms with Crippen LogP contribution in [-0.4, -0.2) is 37.1 Å². The summed E-state index contributed by atoms with van der Waals surface area (Å²) in [6.45, 7) is 3.63. The van der Waals surface area contributed by atoms with Crippen molar-refractivity contribution in [2.24, 2.45) is 5.10 Å². The van der Waals surface area contributed by atoms with Crippen LogP contribution in [0.3, 0.4) is 0 Å². The zero-order chi connectivity index (χ0) is 28.2. The average molecular weight is 555 g/mol. The second-order valence-electron chi connectivity index (χ2n) is 8.26. The number of benzene rings is 3. The molecule has 11 heteroatoms. The van der Waals surface area contributed by atoms with Gasteiger partial charge in [0.25, 0.3) is 5.91 Å². The zero-order valence-corrected chi connectivity index (χ0v) is 22.2. The molecule has 0 saturated heterocycles. The molecule has 0 bridgehead atoms. The van der Waals surface area contributed by atoms with E-state index in [0.29, 0.717) is 34.4 Å². The maximum Gasteiger partial charge on any atom is 0.262 e. The lowest BCUT2D eigenvalue weighted by molar-refractivity contribution is -0.124. The van der Waals surface area contributed by atoms with Crippen LogP contribution in [0.25, 0.3) is 0 Å². The number of halogens is 2. The predicted octanol–water partition coefficient (Wildman–Crippen LogP) is 5.07. The number of rotatable bonds is 12. The van der Waals surface area contributed by atoms with E-state index in [9.17, 15) is 18.8 Å². The number of nitrogens with zero attached hydrogens (tertiary/aromatic N) is 1. The first-order valence-electron chi connectivity index (χ1n) is 12.1. The van der Waals surface area contributed by atoms with Crippen molar-refractivity contribution in [1.82, 2.24) is 5.43 Å². The van der Waals surface area contributed by atoms with Crippen molar-refractivity contribution < 1.29 is 28.2 Å². The Balaban J connectivity index is 1.48. The summed E-state index contributed by atoms with van der Waals surface area (Å²) < 4.78 is 24.9. The van der Waals surface area contributed by atoms with Gasteiger partial charge in [0.05, 0.1) is 18.5 Å². The van der Waals surface area contributed by atoms with Gasteiger partial charge in [-0.2, -0.15) is 5.10 Å². The lowest BCUT2D eigenvalue weighted by atomic mass is 10.2. The molecule has 39 heavy (non-hydrogen) atoms. The summed E-state index contributed by atoms with van der Waals surface area (Å²) in [5.41, 5.74) is 4.47. The molecule has 0 aliphatic carbocycles. The summed E-state index contributed by atoms with van der Waals surface area (Å²) in [5.74, 6) is -1.18. The van der Waals surface area contributed by atoms with Gasteiger partial charge in [-0.25, -0.2) is 9.82 Å². The van der Waals surface area contributed by atoms with Crippen molar-refractivity contribution >= 4 is 46.9 Å². The van der Waals surface area contributed by atoms with Crippen LogP contribution in [0, 0.1) is 12.7 Å². The molecule has 3 rings (SSSR count). The molecular weight excluding hydrogens is 527 g/mol. The molecule has 0 unspecified atom stereocenters. The third kappa shape index (κ3) is 9.42. The fourth-order valence-electron chi connectivity index (χ4n) is 3.24. The van der Waals surface area contributed by atoms with Crippen molar-refractivity contribution in [2.75, 3.05) is 23.8 Å². The van der Waals surface area contributed by atoms with E-state index in [1.165, 1.54) is 24.4 Å². The fraction of sp³-hybridized carbons (Fsp3) is 0.214. The average Bonchev–Trinajstić information content (AvgIpc) is 2.90. The molecule has 3 aromatic rings. The molecular formula is C28H28ClFN4O5. The normalized spacial score (nSPS) is 10.7. The molecule has 3 amide bonds. The lowest BCUT2D eigenvalue weighted by Gasteiger charge is -2.13. The molecule has 204 valence electrons. The fourth-order valence-corrected chi connectivity index (χ4v) is 3.42. The number of carbonyl (C=O) groups is 3. The van der Waals surface area contributed by atoms with E-state index in [0.717, 1.165) is 5.56 Å². The van der Waals surface area contributed by atoms with Gasteiger partial charge in [-0.3, -0.25) is 14.4 Å². The Hall–Kier alpha value is -4.44. The monoisotopic (exact) mass is 554 g/mol. The number of aryl methyl sites for hydroxylation is 1. The number of anilines is 2. The van der Waals surface area contributed by atoms with E-state index in [1.807, 2.05) is 6.92 Å². The van der Waals surface area contributed by atoms with Crippen LogP contribution in [0.15, 0.2) is 65.8 Å². The molecule has 0 saturated carbocycles. The number of nitrogens with one attached hydrogen (secondary N) is 3. The number of ether oxygens (including phenoxy) is 2. The number of hydrogen-bond donors (Lipinski definition) is 3. The van der Waals surface area contributed by atoms with Gasteiger partial charge in [-0.05, 0) is 67.4 Å². The Bertz CT molecular complexity index is 1370. The van der Waals surface area contributed by atoms with Crippen molar-refractivity contribution in [3.05, 3.63) is 82.6 Å². The molecule has 3 aromatic carbocycles. The molecule has 0 aliphatic rings. The van der Waals surface area contributed by atoms with Gasteiger partial charge in [-0.1, -0.05) is 29.8 Å². The van der Waals surface area contributed by atoms with Gasteiger partial charge in [0.15, 0.2) is 18.1 Å². The summed E-state index contributed by atoms with van der Waals surface area (Å²) in [4.78, 5) is 36.3. The van der Waals surface area contributed by atoms with Gasteiger partial charge in [-0.15, -0.1) is 0 Å². The van der Waals surface area contributed by atoms with Gasteiger partial charge in [0, 0.05) is 23.6 Å². The summed E-state index contributed by atoms with van der Waals surface area (Å²) in [5, 5.41) is 9.59. The van der Waals surface area contributed by atoms with E-state index in [1.54, 1.807) is 49.4 Å². The smallest absolute Gasteiger partial charge is 0.262 e. The van der Waals surface area contributed by atoms with Gasteiger partial charge in [0.2, 0.25) is 11.8 Å². The highest BCUT2D eigenvalue weighted by Crippen LogP contribution is 2.28. The maximum absolute atomic E-state index is 13.7. The Labute approximate surface area is 230 Å². The summed E-state index contributed by atoms with van der Waals surface area (Å²) >= 11 is 6.05. The Morgan fingerprint density at radius 2 is 1.69 bits per heavy atom. The van der Waals surface area contributed by atoms with Crippen LogP contribution in [0.1, 0.15) is 30.9 Å². The Morgan fingerprint density at radius 1 is 0.923 bits per heavy atom. The summed E-state index contributed by atoms with van der Waals surface area (Å²) in [6.07, 6.45) is 1.32. The first-order chi connectivity index (χ1) is 18.7. The van der Waals surface area contributed by atoms with Crippen LogP contribution >= 0.6 is 11.6 Å². The molecule has 0 aromatic heterocycles. The second-order valence-corrected chi connectivity index (χ2v) is 8.67. The molecule has 0 aliphatic heterocycles. The lowest BCUT2D eigenvalue weighted by Crippen LogP contribution is -2.21. The third-order valence-corrected chi connectivity index (χ3v) is 5.62. The molecule has 0 heterocycles. The number of para-hydroxylation sites is 1. The van der Waals surface area contributed by atoms with E-state index < -0.39 is 17.6 Å². The minimum atomic E-state index is -0.549. The van der Waals surface area contributed by atoms with E-state index in [2.05, 4.69) is 21.2 Å². The summed E-state index contributed by atoms with van der Waals surface area (Å²) in [6, 6.07) is 15.9. The summed E-state index contributed by atoms with van der Waals surface area (Å²) in [7, 11) is 0. The minimum Gasteiger partial charge on any atom is -0.490 e. The highest BCUT2D eigenvalue weighted by molar-refractivity contribution is 6.31. The number of amides is 3. The van der Waals surface area contributed by atoms with Crippen LogP contribution in [0.4, 0.5) is 15.8 Å². The molecule has 0 fully saturated rings. The van der Waals surface area contributed by atoms with Crippen molar-refractivity contribution in [3.8, 4) is 11.5 Å². The zero-order valence-electron chi connectivity index (χ0n) is 21.4. The number of hydrogen-bond acceptors (Lipinski definition) is 6. The van der Waals surface area contributed by atoms with Crippen LogP contribution in [0.5, 0.6) is 11.5 Å². The highest BCUT2D eigenvalue weighted by atomic mass is 35.5. The van der Waals surface area contributed by atoms with Crippen molar-refractivity contribution in [1.29, 1.82) is 0 Å². The molecule has 3 N–H and O–H groups in total. The second kappa shape index (κ2) is 14.5. The first kappa shape index (κ1) is 29.1. The maximum atomic E-state index is 13.7. The standard InChI is InChI=1S/C28H28ClFN4O5/c1-3-38-25-14-19(9-11-24(25)39-17-28(37)33-23-7-5-4-6-22(23)30)16-31-34-27(36)13-12-26(35)32-20-10-8-18(2)21(29)15-20/h4-11,14-16H,3,12-13,17H2,1-2H3,(H,32,35)(H,33,37)(H,34,36). The third-order valence-electron chi connectivity index (χ3n) is 5.21. The van der Waals surface area contributed by atoms with Gasteiger partial charge in [0.1, 0.15) is 5.82 Å². The Morgan fingerprint density at radius 3 is 2.44 bits per heavy atom. The molecule has 0 atom stereocenters. The molecule has 0 radical (unpaired) electrons. The molecule has 9 nitrogen and oxygen atoms in total. The minimum absolute atomic E-state index is 0.0299. The number of carbonyl (C=O) groups excluding carboxylic acids is 3. The van der Waals surface area contributed by atoms with E-state index in [-0.39, 0.29) is 31.0 Å².